The monoisotopic (exact) mass is 272 g/mol. The van der Waals surface area contributed by atoms with Gasteiger partial charge in [-0.2, -0.15) is 0 Å². The van der Waals surface area contributed by atoms with Crippen LogP contribution in [0.4, 0.5) is 4.79 Å². The molecule has 0 aromatic heterocycles. The molecule has 0 fully saturated rings. The SMILES string of the molecule is CCS(=O)(=O)c1ccc([C@H](CN)NC(=O)O)cc1. The minimum absolute atomic E-state index is 0.0278. The van der Waals surface area contributed by atoms with Gasteiger partial charge in [0.25, 0.3) is 0 Å². The summed E-state index contributed by atoms with van der Waals surface area (Å²) in [5.74, 6) is 0.0278. The number of nitrogens with one attached hydrogen (secondary N) is 1. The van der Waals surface area contributed by atoms with Crippen LogP contribution in [0.15, 0.2) is 29.2 Å². The summed E-state index contributed by atoms with van der Waals surface area (Å²) >= 11 is 0. The predicted molar refractivity (Wildman–Crippen MR) is 67.1 cm³/mol. The Morgan fingerprint density at radius 1 is 1.39 bits per heavy atom. The Balaban J connectivity index is 2.98. The first-order valence-corrected chi connectivity index (χ1v) is 7.08. The molecule has 1 amide bonds. The fourth-order valence-electron chi connectivity index (χ4n) is 1.50. The van der Waals surface area contributed by atoms with Crippen LogP contribution in [0, 0.1) is 0 Å². The van der Waals surface area contributed by atoms with Crippen LogP contribution in [0.2, 0.25) is 0 Å². The molecule has 1 atom stereocenters. The molecule has 0 aliphatic heterocycles. The van der Waals surface area contributed by atoms with E-state index in [1.54, 1.807) is 19.1 Å². The molecule has 7 heteroatoms. The summed E-state index contributed by atoms with van der Waals surface area (Å²) in [6.07, 6.45) is -1.17. The second-order valence-corrected chi connectivity index (χ2v) is 5.99. The summed E-state index contributed by atoms with van der Waals surface area (Å²) in [7, 11) is -3.24. The van der Waals surface area contributed by atoms with Crippen LogP contribution in [-0.2, 0) is 9.84 Å². The van der Waals surface area contributed by atoms with Gasteiger partial charge >= 0.3 is 6.09 Å². The van der Waals surface area contributed by atoms with E-state index >= 15 is 0 Å². The summed E-state index contributed by atoms with van der Waals surface area (Å²) in [4.78, 5) is 10.8. The van der Waals surface area contributed by atoms with Crippen molar-refractivity contribution < 1.29 is 18.3 Å². The Morgan fingerprint density at radius 3 is 2.33 bits per heavy atom. The maximum absolute atomic E-state index is 11.6. The quantitative estimate of drug-likeness (QED) is 0.732. The fourth-order valence-corrected chi connectivity index (χ4v) is 2.39. The van der Waals surface area contributed by atoms with Gasteiger partial charge in [0.05, 0.1) is 16.7 Å². The van der Waals surface area contributed by atoms with Crippen LogP contribution < -0.4 is 11.1 Å². The molecule has 0 radical (unpaired) electrons. The summed E-state index contributed by atoms with van der Waals surface area (Å²) in [6, 6.07) is 5.51. The second-order valence-electron chi connectivity index (χ2n) is 3.71. The van der Waals surface area contributed by atoms with Crippen LogP contribution in [0.5, 0.6) is 0 Å². The standard InChI is InChI=1S/C11H16N2O4S/c1-2-18(16,17)9-5-3-8(4-6-9)10(7-12)13-11(14)15/h3-6,10,13H,2,7,12H2,1H3,(H,14,15)/t10-/m0/s1. The Hall–Kier alpha value is -1.60. The van der Waals surface area contributed by atoms with Crippen molar-refractivity contribution in [3.8, 4) is 0 Å². The molecule has 1 aromatic carbocycles. The third-order valence-electron chi connectivity index (χ3n) is 2.56. The van der Waals surface area contributed by atoms with Crippen LogP contribution in [0.3, 0.4) is 0 Å². The molecule has 0 saturated carbocycles. The largest absolute Gasteiger partial charge is 0.465 e. The molecule has 0 bridgehead atoms. The van der Waals surface area contributed by atoms with Crippen LogP contribution >= 0.6 is 0 Å². The summed E-state index contributed by atoms with van der Waals surface area (Å²) in [6.45, 7) is 1.67. The first kappa shape index (κ1) is 14.5. The summed E-state index contributed by atoms with van der Waals surface area (Å²) < 4.78 is 23.2. The summed E-state index contributed by atoms with van der Waals surface area (Å²) in [5, 5.41) is 10.9. The van der Waals surface area contributed by atoms with E-state index in [4.69, 9.17) is 10.8 Å². The highest BCUT2D eigenvalue weighted by atomic mass is 32.2. The minimum atomic E-state index is -3.24. The second kappa shape index (κ2) is 5.83. The highest BCUT2D eigenvalue weighted by Crippen LogP contribution is 2.16. The molecular weight excluding hydrogens is 256 g/mol. The van der Waals surface area contributed by atoms with Crippen molar-refractivity contribution in [3.63, 3.8) is 0 Å². The van der Waals surface area contributed by atoms with Gasteiger partial charge in [0, 0.05) is 6.54 Å². The van der Waals surface area contributed by atoms with E-state index in [9.17, 15) is 13.2 Å². The van der Waals surface area contributed by atoms with E-state index in [0.29, 0.717) is 5.56 Å². The highest BCUT2D eigenvalue weighted by molar-refractivity contribution is 7.91. The van der Waals surface area contributed by atoms with Gasteiger partial charge in [0.1, 0.15) is 0 Å². The lowest BCUT2D eigenvalue weighted by atomic mass is 10.1. The van der Waals surface area contributed by atoms with Crippen LogP contribution in [-0.4, -0.2) is 31.9 Å². The number of amides is 1. The molecule has 100 valence electrons. The number of sulfone groups is 1. The highest BCUT2D eigenvalue weighted by Gasteiger charge is 2.15. The van der Waals surface area contributed by atoms with Crippen LogP contribution in [0.1, 0.15) is 18.5 Å². The van der Waals surface area contributed by atoms with Gasteiger partial charge in [0.2, 0.25) is 0 Å². The number of benzene rings is 1. The Morgan fingerprint density at radius 2 is 1.94 bits per heavy atom. The van der Waals surface area contributed by atoms with Crippen molar-refractivity contribution in [2.45, 2.75) is 17.9 Å². The maximum atomic E-state index is 11.6. The molecule has 1 aromatic rings. The Kier molecular flexibility index (Phi) is 4.69. The average Bonchev–Trinajstić information content (AvgIpc) is 2.36. The Labute approximate surface area is 106 Å². The average molecular weight is 272 g/mol. The third kappa shape index (κ3) is 3.44. The number of carboxylic acid groups (broad SMARTS) is 1. The van der Waals surface area contributed by atoms with Crippen LogP contribution in [0.25, 0.3) is 0 Å². The molecule has 6 nitrogen and oxygen atoms in total. The van der Waals surface area contributed by atoms with Gasteiger partial charge in [-0.1, -0.05) is 19.1 Å². The molecule has 4 N–H and O–H groups in total. The van der Waals surface area contributed by atoms with Crippen molar-refractivity contribution in [1.29, 1.82) is 0 Å². The zero-order valence-electron chi connectivity index (χ0n) is 9.96. The molecule has 0 aliphatic rings. The lowest BCUT2D eigenvalue weighted by Crippen LogP contribution is -2.32. The topological polar surface area (TPSA) is 109 Å². The van der Waals surface area contributed by atoms with E-state index in [-0.39, 0.29) is 17.2 Å². The normalized spacial score (nSPS) is 13.0. The smallest absolute Gasteiger partial charge is 0.405 e. The number of carbonyl (C=O) groups is 1. The van der Waals surface area contributed by atoms with Gasteiger partial charge in [-0.15, -0.1) is 0 Å². The molecule has 0 unspecified atom stereocenters. The van der Waals surface area contributed by atoms with Gasteiger partial charge in [-0.05, 0) is 17.7 Å². The molecule has 1 rings (SSSR count). The van der Waals surface area contributed by atoms with E-state index in [1.807, 2.05) is 0 Å². The van der Waals surface area contributed by atoms with Gasteiger partial charge in [-0.25, -0.2) is 13.2 Å². The van der Waals surface area contributed by atoms with Crippen molar-refractivity contribution in [1.82, 2.24) is 5.32 Å². The van der Waals surface area contributed by atoms with Crippen molar-refractivity contribution in [2.75, 3.05) is 12.3 Å². The Bertz CT molecular complexity index is 510. The van der Waals surface area contributed by atoms with E-state index in [2.05, 4.69) is 5.32 Å². The first-order valence-electron chi connectivity index (χ1n) is 5.43. The predicted octanol–water partition coefficient (Wildman–Crippen LogP) is 0.748. The van der Waals surface area contributed by atoms with Gasteiger partial charge < -0.3 is 16.2 Å². The fraction of sp³-hybridized carbons (Fsp3) is 0.364. The molecule has 0 heterocycles. The molecular formula is C11H16N2O4S. The van der Waals surface area contributed by atoms with Gasteiger partial charge in [-0.3, -0.25) is 0 Å². The van der Waals surface area contributed by atoms with E-state index < -0.39 is 22.0 Å². The number of nitrogens with two attached hydrogens (primary N) is 1. The van der Waals surface area contributed by atoms with Crippen molar-refractivity contribution in [3.05, 3.63) is 29.8 Å². The maximum Gasteiger partial charge on any atom is 0.405 e. The molecule has 0 saturated heterocycles. The number of rotatable bonds is 5. The molecule has 0 spiro atoms. The van der Waals surface area contributed by atoms with E-state index in [1.165, 1.54) is 12.1 Å². The van der Waals surface area contributed by atoms with Crippen molar-refractivity contribution >= 4 is 15.9 Å². The number of hydrogen-bond acceptors (Lipinski definition) is 4. The van der Waals surface area contributed by atoms with E-state index in [0.717, 1.165) is 0 Å². The van der Waals surface area contributed by atoms with Gasteiger partial charge in [0.15, 0.2) is 9.84 Å². The first-order chi connectivity index (χ1) is 8.40. The lowest BCUT2D eigenvalue weighted by molar-refractivity contribution is 0.190. The number of hydrogen-bond donors (Lipinski definition) is 3. The molecule has 18 heavy (non-hydrogen) atoms. The minimum Gasteiger partial charge on any atom is -0.465 e. The zero-order valence-corrected chi connectivity index (χ0v) is 10.8. The van der Waals surface area contributed by atoms with Crippen molar-refractivity contribution in [2.24, 2.45) is 5.73 Å². The lowest BCUT2D eigenvalue weighted by Gasteiger charge is -2.15. The zero-order chi connectivity index (χ0) is 13.8. The third-order valence-corrected chi connectivity index (χ3v) is 4.31. The molecule has 0 aliphatic carbocycles. The summed E-state index contributed by atoms with van der Waals surface area (Å²) in [5.41, 5.74) is 6.09.